The zero-order chi connectivity index (χ0) is 15.8. The predicted octanol–water partition coefficient (Wildman–Crippen LogP) is 5.33. The van der Waals surface area contributed by atoms with Gasteiger partial charge in [-0.1, -0.05) is 86.5 Å². The quantitative estimate of drug-likeness (QED) is 0.541. The molecule has 0 aliphatic rings. The van der Waals surface area contributed by atoms with Crippen LogP contribution in [0.3, 0.4) is 0 Å². The van der Waals surface area contributed by atoms with Crippen LogP contribution < -0.4 is 0 Å². The number of aliphatic hydroxyl groups is 1. The number of hydrogen-bond acceptors (Lipinski definition) is 1. The molecule has 0 fully saturated rings. The number of allylic oxidation sites excluding steroid dienone is 1. The zero-order valence-electron chi connectivity index (χ0n) is 13.0. The second kappa shape index (κ2) is 7.90. The van der Waals surface area contributed by atoms with Gasteiger partial charge in [0.15, 0.2) is 5.67 Å². The molecule has 0 saturated carbocycles. The Morgan fingerprint density at radius 1 is 1.05 bits per heavy atom. The summed E-state index contributed by atoms with van der Waals surface area (Å²) in [6, 6.07) is 17.9. The number of halogens is 1. The van der Waals surface area contributed by atoms with Gasteiger partial charge in [-0.25, -0.2) is 4.39 Å². The number of benzene rings is 2. The largest absolute Gasteiger partial charge is 0.384 e. The van der Waals surface area contributed by atoms with Gasteiger partial charge in [-0.2, -0.15) is 0 Å². The van der Waals surface area contributed by atoms with Crippen molar-refractivity contribution < 1.29 is 9.50 Å². The summed E-state index contributed by atoms with van der Waals surface area (Å²) in [7, 11) is 0. The molecule has 1 N–H and O–H groups in total. The van der Waals surface area contributed by atoms with E-state index in [0.717, 1.165) is 19.3 Å². The highest BCUT2D eigenvalue weighted by molar-refractivity contribution is 5.33. The SMILES string of the molecule is CCCC/C=C/[C@@](F)(c1ccccc1)[C@@H](O)c1ccccc1. The summed E-state index contributed by atoms with van der Waals surface area (Å²) in [5.41, 5.74) is -0.871. The van der Waals surface area contributed by atoms with Crippen LogP contribution in [0.5, 0.6) is 0 Å². The standard InChI is InChI=1S/C20H23FO/c1-2-3-4-11-16-20(21,18-14-9-6-10-15-18)19(22)17-12-7-5-8-13-17/h5-16,19,22H,2-4H2,1H3/b16-11+/t19-,20+/m0/s1. The van der Waals surface area contributed by atoms with Gasteiger partial charge in [0.25, 0.3) is 0 Å². The Kier molecular flexibility index (Phi) is 5.91. The summed E-state index contributed by atoms with van der Waals surface area (Å²) >= 11 is 0. The van der Waals surface area contributed by atoms with E-state index >= 15 is 4.39 Å². The highest BCUT2D eigenvalue weighted by Crippen LogP contribution is 2.40. The lowest BCUT2D eigenvalue weighted by Crippen LogP contribution is -2.26. The monoisotopic (exact) mass is 298 g/mol. The van der Waals surface area contributed by atoms with E-state index in [9.17, 15) is 5.11 Å². The van der Waals surface area contributed by atoms with Gasteiger partial charge in [-0.3, -0.25) is 0 Å². The van der Waals surface area contributed by atoms with Crippen LogP contribution in [-0.4, -0.2) is 5.11 Å². The first-order chi connectivity index (χ1) is 10.7. The molecule has 1 nitrogen and oxygen atoms in total. The maximum absolute atomic E-state index is 15.7. The molecule has 116 valence electrons. The van der Waals surface area contributed by atoms with Crippen LogP contribution in [0.25, 0.3) is 0 Å². The molecule has 0 amide bonds. The first-order valence-electron chi connectivity index (χ1n) is 7.83. The van der Waals surface area contributed by atoms with Crippen LogP contribution in [0.4, 0.5) is 4.39 Å². The second-order valence-electron chi connectivity index (χ2n) is 5.49. The Balaban J connectivity index is 2.35. The van der Waals surface area contributed by atoms with E-state index in [1.54, 1.807) is 36.4 Å². The molecule has 0 spiro atoms. The topological polar surface area (TPSA) is 20.2 Å². The number of unbranched alkanes of at least 4 members (excludes halogenated alkanes) is 2. The average Bonchev–Trinajstić information content (AvgIpc) is 2.59. The molecule has 2 rings (SSSR count). The summed E-state index contributed by atoms with van der Waals surface area (Å²) in [5.74, 6) is 0. The van der Waals surface area contributed by atoms with Gasteiger partial charge < -0.3 is 5.11 Å². The van der Waals surface area contributed by atoms with Crippen molar-refractivity contribution in [3.05, 3.63) is 83.9 Å². The Morgan fingerprint density at radius 3 is 2.23 bits per heavy atom. The Morgan fingerprint density at radius 2 is 1.64 bits per heavy atom. The smallest absolute Gasteiger partial charge is 0.184 e. The normalized spacial score (nSPS) is 15.6. The van der Waals surface area contributed by atoms with Gasteiger partial charge in [-0.15, -0.1) is 0 Å². The Labute approximate surface area is 132 Å². The van der Waals surface area contributed by atoms with Crippen LogP contribution in [0, 0.1) is 0 Å². The van der Waals surface area contributed by atoms with Crippen molar-refractivity contribution in [1.29, 1.82) is 0 Å². The minimum atomic E-state index is -1.92. The molecule has 2 aromatic carbocycles. The van der Waals surface area contributed by atoms with Crippen molar-refractivity contribution in [2.45, 2.75) is 38.0 Å². The van der Waals surface area contributed by atoms with Crippen LogP contribution in [0.15, 0.2) is 72.8 Å². The van der Waals surface area contributed by atoms with E-state index in [-0.39, 0.29) is 0 Å². The van der Waals surface area contributed by atoms with Gasteiger partial charge in [0.05, 0.1) is 0 Å². The summed E-state index contributed by atoms with van der Waals surface area (Å²) in [6.45, 7) is 2.10. The minimum Gasteiger partial charge on any atom is -0.384 e. The van der Waals surface area contributed by atoms with Crippen molar-refractivity contribution >= 4 is 0 Å². The molecule has 0 saturated heterocycles. The number of alkyl halides is 1. The van der Waals surface area contributed by atoms with Crippen molar-refractivity contribution in [1.82, 2.24) is 0 Å². The molecule has 2 atom stereocenters. The highest BCUT2D eigenvalue weighted by atomic mass is 19.1. The number of aliphatic hydroxyl groups excluding tert-OH is 1. The lowest BCUT2D eigenvalue weighted by Gasteiger charge is -2.28. The van der Waals surface area contributed by atoms with E-state index in [0.29, 0.717) is 11.1 Å². The molecular weight excluding hydrogens is 275 g/mol. The molecule has 0 aliphatic carbocycles. The molecule has 0 heterocycles. The molecule has 0 bridgehead atoms. The first-order valence-corrected chi connectivity index (χ1v) is 7.83. The lowest BCUT2D eigenvalue weighted by atomic mass is 9.85. The fourth-order valence-electron chi connectivity index (χ4n) is 2.49. The maximum Gasteiger partial charge on any atom is 0.184 e. The second-order valence-corrected chi connectivity index (χ2v) is 5.49. The molecule has 2 aromatic rings. The van der Waals surface area contributed by atoms with E-state index in [1.165, 1.54) is 6.08 Å². The molecule has 2 heteroatoms. The molecular formula is C20H23FO. The van der Waals surface area contributed by atoms with E-state index in [2.05, 4.69) is 6.92 Å². The molecule has 0 aromatic heterocycles. The molecule has 22 heavy (non-hydrogen) atoms. The lowest BCUT2D eigenvalue weighted by molar-refractivity contribution is 0.0209. The van der Waals surface area contributed by atoms with Crippen LogP contribution in [0.2, 0.25) is 0 Å². The van der Waals surface area contributed by atoms with E-state index in [1.807, 2.05) is 30.3 Å². The average molecular weight is 298 g/mol. The fraction of sp³-hybridized carbons (Fsp3) is 0.300. The third-order valence-electron chi connectivity index (χ3n) is 3.81. The number of rotatable bonds is 7. The maximum atomic E-state index is 15.7. The summed E-state index contributed by atoms with van der Waals surface area (Å²) in [4.78, 5) is 0. The summed E-state index contributed by atoms with van der Waals surface area (Å²) in [5, 5.41) is 10.6. The zero-order valence-corrected chi connectivity index (χ0v) is 13.0. The molecule has 0 aliphatic heterocycles. The van der Waals surface area contributed by atoms with Crippen LogP contribution in [-0.2, 0) is 5.67 Å². The Bertz CT molecular complexity index is 579. The number of hydrogen-bond donors (Lipinski definition) is 1. The van der Waals surface area contributed by atoms with Crippen LogP contribution >= 0.6 is 0 Å². The predicted molar refractivity (Wildman–Crippen MR) is 89.3 cm³/mol. The highest BCUT2D eigenvalue weighted by Gasteiger charge is 2.38. The van der Waals surface area contributed by atoms with Crippen molar-refractivity contribution in [2.24, 2.45) is 0 Å². The van der Waals surface area contributed by atoms with Crippen LogP contribution in [0.1, 0.15) is 43.4 Å². The van der Waals surface area contributed by atoms with Gasteiger partial charge in [0.2, 0.25) is 0 Å². The van der Waals surface area contributed by atoms with Crippen molar-refractivity contribution in [3.63, 3.8) is 0 Å². The first kappa shape index (κ1) is 16.4. The van der Waals surface area contributed by atoms with Crippen molar-refractivity contribution in [2.75, 3.05) is 0 Å². The van der Waals surface area contributed by atoms with Gasteiger partial charge in [0.1, 0.15) is 6.10 Å². The molecule has 0 radical (unpaired) electrons. The van der Waals surface area contributed by atoms with Gasteiger partial charge in [0, 0.05) is 0 Å². The van der Waals surface area contributed by atoms with E-state index in [4.69, 9.17) is 0 Å². The van der Waals surface area contributed by atoms with Gasteiger partial charge in [-0.05, 0) is 23.6 Å². The van der Waals surface area contributed by atoms with Gasteiger partial charge >= 0.3 is 0 Å². The summed E-state index contributed by atoms with van der Waals surface area (Å²) < 4.78 is 15.7. The van der Waals surface area contributed by atoms with E-state index < -0.39 is 11.8 Å². The van der Waals surface area contributed by atoms with Crippen molar-refractivity contribution in [3.8, 4) is 0 Å². The third-order valence-corrected chi connectivity index (χ3v) is 3.81. The summed E-state index contributed by atoms with van der Waals surface area (Å²) in [6.07, 6.45) is 5.02. The Hall–Kier alpha value is -1.93. The molecule has 0 unspecified atom stereocenters. The minimum absolute atomic E-state index is 0.471. The fourth-order valence-corrected chi connectivity index (χ4v) is 2.49. The third kappa shape index (κ3) is 3.83.